The number of aryl methyl sites for hydroxylation is 1. The molecule has 2 amide bonds. The van der Waals surface area contributed by atoms with Crippen LogP contribution in [0.25, 0.3) is 0 Å². The molecule has 3 aromatic rings. The Hall–Kier alpha value is -3.00. The van der Waals surface area contributed by atoms with Gasteiger partial charge in [0.05, 0.1) is 4.88 Å². The van der Waals surface area contributed by atoms with Crippen LogP contribution in [0.2, 0.25) is 0 Å². The molecule has 4 rings (SSSR count). The Morgan fingerprint density at radius 2 is 1.96 bits per heavy atom. The molecule has 7 nitrogen and oxygen atoms in total. The summed E-state index contributed by atoms with van der Waals surface area (Å²) >= 11 is 1.37. The van der Waals surface area contributed by atoms with Gasteiger partial charge in [-0.25, -0.2) is 0 Å². The number of nitrogens with zero attached hydrogens (tertiary/aromatic N) is 2. The molecule has 1 aliphatic rings. The van der Waals surface area contributed by atoms with E-state index < -0.39 is 5.54 Å². The average Bonchev–Trinajstić information content (AvgIpc) is 3.44. The van der Waals surface area contributed by atoms with Crippen molar-refractivity contribution in [2.45, 2.75) is 38.1 Å². The van der Waals surface area contributed by atoms with Crippen molar-refractivity contribution in [3.63, 3.8) is 0 Å². The number of rotatable bonds is 5. The number of benzene rings is 1. The van der Waals surface area contributed by atoms with Crippen molar-refractivity contribution in [2.75, 3.05) is 5.32 Å². The van der Waals surface area contributed by atoms with Gasteiger partial charge in [0, 0.05) is 18.2 Å². The highest BCUT2D eigenvalue weighted by Gasteiger charge is 2.41. The second kappa shape index (κ2) is 7.55. The quantitative estimate of drug-likeness (QED) is 0.682. The highest BCUT2D eigenvalue weighted by molar-refractivity contribution is 7.12. The van der Waals surface area contributed by atoms with E-state index in [9.17, 15) is 9.59 Å². The zero-order chi connectivity index (χ0) is 19.6. The van der Waals surface area contributed by atoms with Gasteiger partial charge in [-0.1, -0.05) is 30.1 Å². The SMILES string of the molecule is Cc1nc(C2(NC(=O)c3cccc(NC(=O)c4cccs4)c3)CCCC2)no1. The van der Waals surface area contributed by atoms with Crippen LogP contribution in [0.4, 0.5) is 5.69 Å². The van der Waals surface area contributed by atoms with Gasteiger partial charge < -0.3 is 15.2 Å². The maximum atomic E-state index is 12.9. The second-order valence-corrected chi connectivity index (χ2v) is 7.84. The number of anilines is 1. The molecular formula is C20H20N4O3S. The van der Waals surface area contributed by atoms with Gasteiger partial charge in [-0.05, 0) is 42.5 Å². The van der Waals surface area contributed by atoms with E-state index >= 15 is 0 Å². The largest absolute Gasteiger partial charge is 0.340 e. The standard InChI is InChI=1S/C20H20N4O3S/c1-13-21-19(24-27-13)20(9-2-3-10-20)23-17(25)14-6-4-7-15(12-14)22-18(26)16-8-5-11-28-16/h4-8,11-12H,2-3,9-10H2,1H3,(H,22,26)(H,23,25). The number of nitrogens with one attached hydrogen (secondary N) is 2. The van der Waals surface area contributed by atoms with Crippen LogP contribution in [0.1, 0.15) is 57.4 Å². The van der Waals surface area contributed by atoms with Crippen LogP contribution < -0.4 is 10.6 Å². The predicted octanol–water partition coefficient (Wildman–Crippen LogP) is 3.89. The molecule has 0 unspecified atom stereocenters. The van der Waals surface area contributed by atoms with Gasteiger partial charge in [-0.2, -0.15) is 4.98 Å². The molecule has 144 valence electrons. The maximum absolute atomic E-state index is 12.9. The van der Waals surface area contributed by atoms with Crippen molar-refractivity contribution in [1.29, 1.82) is 0 Å². The maximum Gasteiger partial charge on any atom is 0.265 e. The lowest BCUT2D eigenvalue weighted by Crippen LogP contribution is -2.44. The molecule has 2 aromatic heterocycles. The molecule has 1 saturated carbocycles. The van der Waals surface area contributed by atoms with Gasteiger partial charge in [0.2, 0.25) is 5.89 Å². The van der Waals surface area contributed by atoms with Crippen molar-refractivity contribution in [3.05, 3.63) is 63.9 Å². The van der Waals surface area contributed by atoms with Gasteiger partial charge in [0.15, 0.2) is 5.82 Å². The molecule has 0 aliphatic heterocycles. The highest BCUT2D eigenvalue weighted by atomic mass is 32.1. The molecule has 0 bridgehead atoms. The number of thiophene rings is 1. The third kappa shape index (κ3) is 3.68. The van der Waals surface area contributed by atoms with Gasteiger partial charge >= 0.3 is 0 Å². The van der Waals surface area contributed by atoms with E-state index in [2.05, 4.69) is 20.8 Å². The highest BCUT2D eigenvalue weighted by Crippen LogP contribution is 2.37. The zero-order valence-electron chi connectivity index (χ0n) is 15.4. The molecule has 1 fully saturated rings. The summed E-state index contributed by atoms with van der Waals surface area (Å²) in [4.78, 5) is 30.2. The first-order valence-corrected chi connectivity index (χ1v) is 10.0. The summed E-state index contributed by atoms with van der Waals surface area (Å²) in [5.74, 6) is 0.588. The van der Waals surface area contributed by atoms with E-state index in [1.807, 2.05) is 11.4 Å². The van der Waals surface area contributed by atoms with Gasteiger partial charge in [0.1, 0.15) is 5.54 Å². The first-order chi connectivity index (χ1) is 13.6. The summed E-state index contributed by atoms with van der Waals surface area (Å²) in [5, 5.41) is 11.8. The molecule has 1 aliphatic carbocycles. The third-order valence-electron chi connectivity index (χ3n) is 4.89. The molecule has 28 heavy (non-hydrogen) atoms. The van der Waals surface area contributed by atoms with Crippen LogP contribution in [-0.4, -0.2) is 22.0 Å². The molecule has 8 heteroatoms. The van der Waals surface area contributed by atoms with E-state index in [0.717, 1.165) is 25.7 Å². The molecule has 2 heterocycles. The Balaban J connectivity index is 1.52. The number of amides is 2. The van der Waals surface area contributed by atoms with Crippen LogP contribution in [0.15, 0.2) is 46.3 Å². The van der Waals surface area contributed by atoms with Crippen molar-refractivity contribution in [2.24, 2.45) is 0 Å². The molecule has 0 spiro atoms. The molecule has 0 atom stereocenters. The third-order valence-corrected chi connectivity index (χ3v) is 5.76. The molecule has 0 radical (unpaired) electrons. The van der Waals surface area contributed by atoms with Gasteiger partial charge in [-0.3, -0.25) is 9.59 Å². The smallest absolute Gasteiger partial charge is 0.265 e. The Labute approximate surface area is 166 Å². The van der Waals surface area contributed by atoms with E-state index in [0.29, 0.717) is 27.8 Å². The lowest BCUT2D eigenvalue weighted by atomic mass is 9.96. The van der Waals surface area contributed by atoms with Crippen molar-refractivity contribution in [3.8, 4) is 0 Å². The monoisotopic (exact) mass is 396 g/mol. The van der Waals surface area contributed by atoms with Crippen LogP contribution in [0, 0.1) is 6.92 Å². The molecular weight excluding hydrogens is 376 g/mol. The minimum Gasteiger partial charge on any atom is -0.340 e. The van der Waals surface area contributed by atoms with Crippen molar-refractivity contribution >= 4 is 28.8 Å². The van der Waals surface area contributed by atoms with Gasteiger partial charge in [0.25, 0.3) is 11.8 Å². The van der Waals surface area contributed by atoms with Crippen LogP contribution in [0.5, 0.6) is 0 Å². The van der Waals surface area contributed by atoms with E-state index in [1.165, 1.54) is 11.3 Å². The Kier molecular flexibility index (Phi) is 4.95. The Morgan fingerprint density at radius 1 is 1.14 bits per heavy atom. The molecule has 1 aromatic carbocycles. The number of carbonyl (C=O) groups is 2. The lowest BCUT2D eigenvalue weighted by Gasteiger charge is -2.26. The fraction of sp³-hybridized carbons (Fsp3) is 0.300. The van der Waals surface area contributed by atoms with E-state index in [-0.39, 0.29) is 11.8 Å². The summed E-state index contributed by atoms with van der Waals surface area (Å²) in [6.45, 7) is 1.74. The van der Waals surface area contributed by atoms with Crippen molar-refractivity contribution < 1.29 is 14.1 Å². The summed E-state index contributed by atoms with van der Waals surface area (Å²) in [5.41, 5.74) is 0.433. The number of carbonyl (C=O) groups excluding carboxylic acids is 2. The average molecular weight is 396 g/mol. The zero-order valence-corrected chi connectivity index (χ0v) is 16.2. The summed E-state index contributed by atoms with van der Waals surface area (Å²) in [7, 11) is 0. The number of hydrogen-bond donors (Lipinski definition) is 2. The molecule has 2 N–H and O–H groups in total. The first kappa shape index (κ1) is 18.4. The summed E-state index contributed by atoms with van der Waals surface area (Å²) in [6.07, 6.45) is 3.52. The van der Waals surface area contributed by atoms with Crippen LogP contribution >= 0.6 is 11.3 Å². The van der Waals surface area contributed by atoms with E-state index in [1.54, 1.807) is 37.3 Å². The fourth-order valence-corrected chi connectivity index (χ4v) is 4.12. The number of hydrogen-bond acceptors (Lipinski definition) is 6. The first-order valence-electron chi connectivity index (χ1n) is 9.14. The van der Waals surface area contributed by atoms with Crippen molar-refractivity contribution in [1.82, 2.24) is 15.5 Å². The molecule has 0 saturated heterocycles. The van der Waals surface area contributed by atoms with Gasteiger partial charge in [-0.15, -0.1) is 11.3 Å². The fourth-order valence-electron chi connectivity index (χ4n) is 3.50. The number of aromatic nitrogens is 2. The van der Waals surface area contributed by atoms with E-state index in [4.69, 9.17) is 4.52 Å². The minimum atomic E-state index is -0.606. The second-order valence-electron chi connectivity index (χ2n) is 6.89. The normalized spacial score (nSPS) is 15.3. The van der Waals surface area contributed by atoms with Crippen LogP contribution in [0.3, 0.4) is 0 Å². The topological polar surface area (TPSA) is 97.1 Å². The summed E-state index contributed by atoms with van der Waals surface area (Å²) in [6, 6.07) is 10.5. The van der Waals surface area contributed by atoms with Crippen LogP contribution in [-0.2, 0) is 5.54 Å². The Bertz CT molecular complexity index is 991. The predicted molar refractivity (Wildman–Crippen MR) is 105 cm³/mol. The summed E-state index contributed by atoms with van der Waals surface area (Å²) < 4.78 is 5.13. The Morgan fingerprint density at radius 3 is 2.64 bits per heavy atom. The lowest BCUT2D eigenvalue weighted by molar-refractivity contribution is 0.0891. The minimum absolute atomic E-state index is 0.193.